The highest BCUT2D eigenvalue weighted by Crippen LogP contribution is 2.24. The fourth-order valence-corrected chi connectivity index (χ4v) is 3.74. The Morgan fingerprint density at radius 2 is 2.00 bits per heavy atom. The third-order valence-electron chi connectivity index (χ3n) is 3.71. The van der Waals surface area contributed by atoms with Gasteiger partial charge in [-0.25, -0.2) is 8.42 Å². The molecule has 10 heteroatoms. The Balaban J connectivity index is 1.74. The summed E-state index contributed by atoms with van der Waals surface area (Å²) in [4.78, 5) is 2.01. The van der Waals surface area contributed by atoms with E-state index in [0.717, 1.165) is 26.2 Å². The van der Waals surface area contributed by atoms with Gasteiger partial charge in [-0.15, -0.1) is 0 Å². The first-order chi connectivity index (χ1) is 11.6. The van der Waals surface area contributed by atoms with Crippen LogP contribution in [0.25, 0.3) is 0 Å². The molecule has 3 rings (SSSR count). The maximum Gasteiger partial charge on any atom is 0.415 e. The van der Waals surface area contributed by atoms with E-state index in [4.69, 9.17) is 4.74 Å². The van der Waals surface area contributed by atoms with E-state index in [-0.39, 0.29) is 22.3 Å². The van der Waals surface area contributed by atoms with Crippen molar-refractivity contribution in [1.82, 2.24) is 15.4 Å². The van der Waals surface area contributed by atoms with E-state index in [1.807, 2.05) is 0 Å². The van der Waals surface area contributed by atoms with Gasteiger partial charge >= 0.3 is 10.9 Å². The van der Waals surface area contributed by atoms with Crippen molar-refractivity contribution < 1.29 is 22.7 Å². The van der Waals surface area contributed by atoms with Crippen LogP contribution in [0.15, 0.2) is 44.9 Å². The van der Waals surface area contributed by atoms with E-state index in [0.29, 0.717) is 6.54 Å². The number of hydrogen-bond acceptors (Lipinski definition) is 8. The van der Waals surface area contributed by atoms with E-state index in [9.17, 15) is 13.6 Å². The number of nitrogens with zero attached hydrogens (tertiary/aromatic N) is 3. The van der Waals surface area contributed by atoms with Crippen LogP contribution in [0, 0.1) is 5.21 Å². The topological polar surface area (TPSA) is 112 Å². The second kappa shape index (κ2) is 7.16. The Bertz CT molecular complexity index is 772. The molecule has 0 unspecified atom stereocenters. The van der Waals surface area contributed by atoms with Crippen LogP contribution in [0.2, 0.25) is 0 Å². The van der Waals surface area contributed by atoms with Gasteiger partial charge in [0.2, 0.25) is 0 Å². The number of ether oxygens (including phenoxy) is 1. The van der Waals surface area contributed by atoms with E-state index in [1.165, 1.54) is 12.1 Å². The second-order valence-corrected chi connectivity index (χ2v) is 7.16. The summed E-state index contributed by atoms with van der Waals surface area (Å²) in [5.74, 6) is -0.316. The van der Waals surface area contributed by atoms with Crippen molar-refractivity contribution in [2.75, 3.05) is 39.3 Å². The standard InChI is InChI=1S/C14H18N4O5S/c19-18-14(24(20,21)12-4-2-1-3-5-12)13(16-23-18)22-11-10-17-8-6-15-7-9-17/h1-5,15H,6-11H2. The largest absolute Gasteiger partial charge is 0.453 e. The van der Waals surface area contributed by atoms with E-state index in [1.54, 1.807) is 18.2 Å². The fraction of sp³-hybridized carbons (Fsp3) is 0.429. The van der Waals surface area contributed by atoms with Gasteiger partial charge in [0, 0.05) is 32.7 Å². The van der Waals surface area contributed by atoms with Crippen molar-refractivity contribution in [3.8, 4) is 5.88 Å². The summed E-state index contributed by atoms with van der Waals surface area (Å²) in [5.41, 5.74) is 0. The molecule has 0 bridgehead atoms. The predicted molar refractivity (Wildman–Crippen MR) is 82.2 cm³/mol. The molecule has 1 aromatic carbocycles. The van der Waals surface area contributed by atoms with Gasteiger partial charge in [-0.2, -0.15) is 0 Å². The quantitative estimate of drug-likeness (QED) is 0.686. The molecule has 1 saturated heterocycles. The van der Waals surface area contributed by atoms with Crippen molar-refractivity contribution in [1.29, 1.82) is 0 Å². The molecule has 24 heavy (non-hydrogen) atoms. The molecule has 2 aromatic rings. The summed E-state index contributed by atoms with van der Waals surface area (Å²) >= 11 is 0. The van der Waals surface area contributed by atoms with Crippen molar-refractivity contribution in [3.05, 3.63) is 35.5 Å². The Hall–Kier alpha value is -2.17. The van der Waals surface area contributed by atoms with Crippen molar-refractivity contribution in [2.24, 2.45) is 0 Å². The lowest BCUT2D eigenvalue weighted by atomic mass is 10.4. The monoisotopic (exact) mass is 354 g/mol. The normalized spacial score (nSPS) is 16.2. The van der Waals surface area contributed by atoms with Crippen LogP contribution in [0.3, 0.4) is 0 Å². The number of rotatable bonds is 6. The van der Waals surface area contributed by atoms with Gasteiger partial charge in [-0.3, -0.25) is 9.53 Å². The molecule has 2 heterocycles. The fourth-order valence-electron chi connectivity index (χ4n) is 2.45. The van der Waals surface area contributed by atoms with Gasteiger partial charge in [0.25, 0.3) is 9.84 Å². The minimum atomic E-state index is -4.07. The molecular weight excluding hydrogens is 336 g/mol. The molecule has 0 spiro atoms. The zero-order valence-corrected chi connectivity index (χ0v) is 13.7. The highest BCUT2D eigenvalue weighted by Gasteiger charge is 2.35. The first-order valence-electron chi connectivity index (χ1n) is 7.55. The molecule has 0 amide bonds. The number of hydrogen-bond donors (Lipinski definition) is 1. The highest BCUT2D eigenvalue weighted by atomic mass is 32.2. The first kappa shape index (κ1) is 16.7. The predicted octanol–water partition coefficient (Wildman–Crippen LogP) is -0.575. The van der Waals surface area contributed by atoms with Crippen molar-refractivity contribution in [2.45, 2.75) is 9.92 Å². The number of nitrogens with one attached hydrogen (secondary N) is 1. The Morgan fingerprint density at radius 1 is 1.29 bits per heavy atom. The zero-order valence-electron chi connectivity index (χ0n) is 12.9. The molecule has 0 saturated carbocycles. The van der Waals surface area contributed by atoms with E-state index < -0.39 is 14.9 Å². The molecule has 1 aliphatic rings. The van der Waals surface area contributed by atoms with Crippen LogP contribution < -0.4 is 15.0 Å². The third-order valence-corrected chi connectivity index (χ3v) is 5.44. The molecule has 1 N–H and O–H groups in total. The summed E-state index contributed by atoms with van der Waals surface area (Å²) < 4.78 is 35.0. The first-order valence-corrected chi connectivity index (χ1v) is 9.03. The van der Waals surface area contributed by atoms with Gasteiger partial charge < -0.3 is 15.3 Å². The number of sulfone groups is 1. The minimum absolute atomic E-state index is 0.0234. The van der Waals surface area contributed by atoms with Gasteiger partial charge in [-0.1, -0.05) is 18.2 Å². The molecule has 0 atom stereocenters. The van der Waals surface area contributed by atoms with Gasteiger partial charge in [0.15, 0.2) is 0 Å². The van der Waals surface area contributed by atoms with E-state index in [2.05, 4.69) is 20.0 Å². The highest BCUT2D eigenvalue weighted by molar-refractivity contribution is 7.91. The van der Waals surface area contributed by atoms with Crippen molar-refractivity contribution >= 4 is 9.84 Å². The third kappa shape index (κ3) is 3.50. The molecule has 1 fully saturated rings. The molecule has 0 radical (unpaired) electrons. The van der Waals surface area contributed by atoms with E-state index >= 15 is 0 Å². The Labute approximate surface area is 139 Å². The number of benzene rings is 1. The number of aromatic nitrogens is 2. The van der Waals surface area contributed by atoms with Crippen LogP contribution in [0.5, 0.6) is 5.88 Å². The average molecular weight is 354 g/mol. The lowest BCUT2D eigenvalue weighted by molar-refractivity contribution is -0.832. The Kier molecular flexibility index (Phi) is 4.97. The van der Waals surface area contributed by atoms with Gasteiger partial charge in [0.05, 0.1) is 10.1 Å². The van der Waals surface area contributed by atoms with Crippen LogP contribution in [0.4, 0.5) is 0 Å². The van der Waals surface area contributed by atoms with Crippen LogP contribution in [-0.2, 0) is 9.84 Å². The molecule has 130 valence electrons. The van der Waals surface area contributed by atoms with Gasteiger partial charge in [-0.05, 0) is 17.0 Å². The van der Waals surface area contributed by atoms with Gasteiger partial charge in [0.1, 0.15) is 6.61 Å². The second-order valence-electron chi connectivity index (χ2n) is 5.30. The smallest absolute Gasteiger partial charge is 0.415 e. The lowest BCUT2D eigenvalue weighted by Crippen LogP contribution is -2.44. The maximum atomic E-state index is 12.6. The minimum Gasteiger partial charge on any atom is -0.453 e. The average Bonchev–Trinajstić information content (AvgIpc) is 2.98. The lowest BCUT2D eigenvalue weighted by Gasteiger charge is -2.26. The molecular formula is C14H18N4O5S. The molecule has 1 aromatic heterocycles. The maximum absolute atomic E-state index is 12.6. The summed E-state index contributed by atoms with van der Waals surface area (Å²) in [7, 11) is -4.07. The Morgan fingerprint density at radius 3 is 2.71 bits per heavy atom. The summed E-state index contributed by atoms with van der Waals surface area (Å²) in [6.45, 7) is 4.40. The summed E-state index contributed by atoms with van der Waals surface area (Å²) in [5, 5.41) is 17.8. The van der Waals surface area contributed by atoms with Crippen LogP contribution in [0.1, 0.15) is 0 Å². The summed E-state index contributed by atoms with van der Waals surface area (Å²) in [6.07, 6.45) is 0. The zero-order chi connectivity index (χ0) is 17.0. The molecule has 0 aliphatic carbocycles. The summed E-state index contributed by atoms with van der Waals surface area (Å²) in [6, 6.07) is 7.61. The molecule has 1 aliphatic heterocycles. The SMILES string of the molecule is O=S(=O)(c1ccccc1)c1c(OCCN2CCNCC2)no[n+]1[O-]. The van der Waals surface area contributed by atoms with Crippen molar-refractivity contribution in [3.63, 3.8) is 0 Å². The number of piperazine rings is 1. The van der Waals surface area contributed by atoms with Crippen LogP contribution in [-0.4, -0.2) is 57.8 Å². The molecule has 9 nitrogen and oxygen atoms in total. The van der Waals surface area contributed by atoms with Crippen LogP contribution >= 0.6 is 0 Å².